The van der Waals surface area contributed by atoms with Crippen LogP contribution >= 0.6 is 0 Å². The maximum atomic E-state index is 5.32. The van der Waals surface area contributed by atoms with E-state index in [0.29, 0.717) is 12.5 Å². The van der Waals surface area contributed by atoms with E-state index in [-0.39, 0.29) is 0 Å². The van der Waals surface area contributed by atoms with Crippen molar-refractivity contribution in [1.82, 2.24) is 4.90 Å². The van der Waals surface area contributed by atoms with Gasteiger partial charge in [0.05, 0.1) is 5.71 Å². The van der Waals surface area contributed by atoms with E-state index in [2.05, 4.69) is 34.9 Å². The third kappa shape index (κ3) is 2.80. The number of hydrogen-bond acceptors (Lipinski definition) is 3. The molecule has 19 heavy (non-hydrogen) atoms. The fourth-order valence-electron chi connectivity index (χ4n) is 2.70. The van der Waals surface area contributed by atoms with Crippen molar-refractivity contribution in [2.75, 3.05) is 26.2 Å². The van der Waals surface area contributed by atoms with Gasteiger partial charge in [-0.1, -0.05) is 35.2 Å². The maximum Gasteiger partial charge on any atom is 0.177 e. The highest BCUT2D eigenvalue weighted by atomic mass is 16.6. The smallest absolute Gasteiger partial charge is 0.177 e. The summed E-state index contributed by atoms with van der Waals surface area (Å²) in [7, 11) is 0. The number of benzene rings is 1. The number of nitrogens with zero attached hydrogens (tertiary/aromatic N) is 2. The average molecular weight is 254 g/mol. The zero-order valence-corrected chi connectivity index (χ0v) is 11.2. The van der Waals surface area contributed by atoms with Crippen LogP contribution in [0.25, 0.3) is 0 Å². The molecule has 2 saturated heterocycles. The third-order valence-corrected chi connectivity index (χ3v) is 3.82. The summed E-state index contributed by atoms with van der Waals surface area (Å²) in [4.78, 5) is 7.74. The minimum atomic E-state index is 0.366. The van der Waals surface area contributed by atoms with Crippen LogP contribution in [0, 0.1) is 24.7 Å². The van der Waals surface area contributed by atoms with Crippen molar-refractivity contribution in [1.29, 1.82) is 0 Å². The minimum absolute atomic E-state index is 0.366. The van der Waals surface area contributed by atoms with Gasteiger partial charge < -0.3 is 4.84 Å². The van der Waals surface area contributed by atoms with Crippen LogP contribution in [0.4, 0.5) is 0 Å². The molecule has 1 aromatic carbocycles. The Bertz CT molecular complexity index is 553. The molecule has 3 rings (SSSR count). The van der Waals surface area contributed by atoms with Crippen molar-refractivity contribution in [3.8, 4) is 11.8 Å². The summed E-state index contributed by atoms with van der Waals surface area (Å²) < 4.78 is 0. The SMILES string of the molecule is Cc1ccccc1C#CCO/N=C1\CN2CCC1C2. The summed E-state index contributed by atoms with van der Waals surface area (Å²) >= 11 is 0. The molecule has 2 aliphatic heterocycles. The van der Waals surface area contributed by atoms with Crippen molar-refractivity contribution >= 4 is 5.71 Å². The monoisotopic (exact) mass is 254 g/mol. The van der Waals surface area contributed by atoms with Crippen molar-refractivity contribution in [2.45, 2.75) is 13.3 Å². The second-order valence-electron chi connectivity index (χ2n) is 5.19. The Kier molecular flexibility index (Phi) is 3.52. The van der Waals surface area contributed by atoms with Gasteiger partial charge in [-0.25, -0.2) is 0 Å². The van der Waals surface area contributed by atoms with Crippen LogP contribution in [-0.2, 0) is 4.84 Å². The lowest BCUT2D eigenvalue weighted by Crippen LogP contribution is -2.23. The van der Waals surface area contributed by atoms with E-state index >= 15 is 0 Å². The number of hydrogen-bond donors (Lipinski definition) is 0. The van der Waals surface area contributed by atoms with Crippen molar-refractivity contribution in [2.24, 2.45) is 11.1 Å². The van der Waals surface area contributed by atoms with Crippen LogP contribution < -0.4 is 0 Å². The molecule has 3 heteroatoms. The lowest BCUT2D eigenvalue weighted by atomic mass is 10.0. The molecule has 2 fully saturated rings. The van der Waals surface area contributed by atoms with Crippen molar-refractivity contribution in [3.63, 3.8) is 0 Å². The fraction of sp³-hybridized carbons (Fsp3) is 0.438. The number of fused-ring (bicyclic) bond motifs is 2. The molecule has 98 valence electrons. The van der Waals surface area contributed by atoms with E-state index in [9.17, 15) is 0 Å². The first-order chi connectivity index (χ1) is 9.33. The van der Waals surface area contributed by atoms with E-state index in [1.807, 2.05) is 18.2 Å². The van der Waals surface area contributed by atoms with Crippen LogP contribution in [-0.4, -0.2) is 36.9 Å². The predicted octanol–water partition coefficient (Wildman–Crippen LogP) is 2.05. The van der Waals surface area contributed by atoms with Crippen LogP contribution in [0.15, 0.2) is 29.4 Å². The Hall–Kier alpha value is -1.79. The van der Waals surface area contributed by atoms with Gasteiger partial charge in [0.1, 0.15) is 0 Å². The summed E-state index contributed by atoms with van der Waals surface area (Å²) in [5, 5.41) is 4.23. The second-order valence-corrected chi connectivity index (χ2v) is 5.19. The predicted molar refractivity (Wildman–Crippen MR) is 76.0 cm³/mol. The van der Waals surface area contributed by atoms with Gasteiger partial charge in [-0.15, -0.1) is 0 Å². The Morgan fingerprint density at radius 2 is 2.32 bits per heavy atom. The fourth-order valence-corrected chi connectivity index (χ4v) is 2.70. The Balaban J connectivity index is 1.52. The number of aryl methyl sites for hydroxylation is 1. The highest BCUT2D eigenvalue weighted by molar-refractivity contribution is 5.91. The molecule has 0 aromatic heterocycles. The summed E-state index contributed by atoms with van der Waals surface area (Å²) in [5.74, 6) is 6.76. The Labute approximate surface area is 114 Å². The molecule has 2 atom stereocenters. The number of oxime groups is 1. The first-order valence-corrected chi connectivity index (χ1v) is 6.78. The normalized spacial score (nSPS) is 26.3. The van der Waals surface area contributed by atoms with Crippen LogP contribution in [0.3, 0.4) is 0 Å². The standard InChI is InChI=1S/C16H18N2O/c1-13-5-2-3-6-14(13)7-4-10-19-17-16-12-18-9-8-15(16)11-18/h2-3,5-6,15H,8-12H2,1H3/b17-16+. The van der Waals surface area contributed by atoms with Gasteiger partial charge in [0.15, 0.2) is 6.61 Å². The summed E-state index contributed by atoms with van der Waals surface area (Å²) in [5.41, 5.74) is 3.45. The lowest BCUT2D eigenvalue weighted by Gasteiger charge is -2.12. The summed E-state index contributed by atoms with van der Waals surface area (Å²) in [6, 6.07) is 8.11. The largest absolute Gasteiger partial charge is 0.383 e. The Morgan fingerprint density at radius 1 is 1.42 bits per heavy atom. The maximum absolute atomic E-state index is 5.32. The van der Waals surface area contributed by atoms with Gasteiger partial charge in [0, 0.05) is 24.6 Å². The van der Waals surface area contributed by atoms with Gasteiger partial charge in [0.2, 0.25) is 0 Å². The van der Waals surface area contributed by atoms with E-state index < -0.39 is 0 Å². The van der Waals surface area contributed by atoms with Gasteiger partial charge in [-0.05, 0) is 31.5 Å². The minimum Gasteiger partial charge on any atom is -0.383 e. The Morgan fingerprint density at radius 3 is 3.05 bits per heavy atom. The zero-order chi connectivity index (χ0) is 13.1. The van der Waals surface area contributed by atoms with Crippen LogP contribution in [0.1, 0.15) is 17.5 Å². The summed E-state index contributed by atoms with van der Waals surface area (Å²) in [6.07, 6.45) is 1.23. The highest BCUT2D eigenvalue weighted by Crippen LogP contribution is 2.25. The molecule has 0 radical (unpaired) electrons. The third-order valence-electron chi connectivity index (χ3n) is 3.82. The van der Waals surface area contributed by atoms with Crippen molar-refractivity contribution in [3.05, 3.63) is 35.4 Å². The van der Waals surface area contributed by atoms with Crippen LogP contribution in [0.5, 0.6) is 0 Å². The van der Waals surface area contributed by atoms with Gasteiger partial charge in [0.25, 0.3) is 0 Å². The van der Waals surface area contributed by atoms with Gasteiger partial charge in [-0.3, -0.25) is 4.90 Å². The zero-order valence-electron chi connectivity index (χ0n) is 11.2. The van der Waals surface area contributed by atoms with E-state index in [4.69, 9.17) is 4.84 Å². The first-order valence-electron chi connectivity index (χ1n) is 6.78. The molecule has 2 heterocycles. The topological polar surface area (TPSA) is 24.8 Å². The lowest BCUT2D eigenvalue weighted by molar-refractivity contribution is 0.177. The molecule has 0 N–H and O–H groups in total. The van der Waals surface area contributed by atoms with Crippen LogP contribution in [0.2, 0.25) is 0 Å². The molecule has 2 bridgehead atoms. The number of piperidine rings is 1. The molecule has 0 amide bonds. The summed E-state index contributed by atoms with van der Waals surface area (Å²) in [6.45, 7) is 5.79. The second kappa shape index (κ2) is 5.46. The molecule has 3 nitrogen and oxygen atoms in total. The van der Waals surface area contributed by atoms with E-state index in [1.54, 1.807) is 0 Å². The number of rotatable bonds is 2. The average Bonchev–Trinajstić information content (AvgIpc) is 3.03. The molecular weight excluding hydrogens is 236 g/mol. The molecule has 2 aliphatic rings. The molecule has 0 spiro atoms. The van der Waals surface area contributed by atoms with Crippen molar-refractivity contribution < 1.29 is 4.84 Å². The van der Waals surface area contributed by atoms with E-state index in [0.717, 1.165) is 18.7 Å². The molecule has 0 aliphatic carbocycles. The van der Waals surface area contributed by atoms with E-state index in [1.165, 1.54) is 24.2 Å². The quantitative estimate of drug-likeness (QED) is 0.458. The van der Waals surface area contributed by atoms with Gasteiger partial charge >= 0.3 is 0 Å². The first kappa shape index (κ1) is 12.3. The van der Waals surface area contributed by atoms with Gasteiger partial charge in [-0.2, -0.15) is 0 Å². The molecule has 0 saturated carbocycles. The molecule has 1 aromatic rings. The molecule has 2 unspecified atom stereocenters. The molecular formula is C16H18N2O. The highest BCUT2D eigenvalue weighted by Gasteiger charge is 2.35.